The Balaban J connectivity index is 1.81. The van der Waals surface area contributed by atoms with Gasteiger partial charge in [-0.15, -0.1) is 0 Å². The second-order valence-electron chi connectivity index (χ2n) is 3.44. The van der Waals surface area contributed by atoms with Crippen LogP contribution in [-0.4, -0.2) is 22.1 Å². The molecule has 0 unspecified atom stereocenters. The first-order chi connectivity index (χ1) is 8.25. The first kappa shape index (κ1) is 11.7. The molecule has 1 aromatic carbocycles. The molecule has 0 fully saturated rings. The van der Waals surface area contributed by atoms with Gasteiger partial charge < -0.3 is 9.30 Å². The highest BCUT2D eigenvalue weighted by Crippen LogP contribution is 2.04. The lowest BCUT2D eigenvalue weighted by atomic mass is 10.2. The number of carbonyl (C=O) groups is 1. The predicted molar refractivity (Wildman–Crippen MR) is 64.0 cm³/mol. The molecule has 0 bridgehead atoms. The van der Waals surface area contributed by atoms with E-state index in [1.165, 1.54) is 0 Å². The second kappa shape index (κ2) is 5.50. The van der Waals surface area contributed by atoms with E-state index in [9.17, 15) is 4.79 Å². The maximum atomic E-state index is 11.6. The van der Waals surface area contributed by atoms with Crippen molar-refractivity contribution in [2.75, 3.05) is 6.61 Å². The molecule has 88 valence electrons. The molecular weight excluding hydrogens is 240 g/mol. The Bertz CT molecular complexity index is 496. The van der Waals surface area contributed by atoms with Crippen molar-refractivity contribution < 1.29 is 9.53 Å². The second-order valence-corrected chi connectivity index (χ2v) is 3.82. The number of hydrogen-bond donors (Lipinski definition) is 0. The van der Waals surface area contributed by atoms with Gasteiger partial charge >= 0.3 is 5.97 Å². The molecule has 0 radical (unpaired) electrons. The number of hydrogen-bond acceptors (Lipinski definition) is 3. The standard InChI is InChI=1S/C12H11ClN2O2/c13-11-8-15(9-14-11)6-7-17-12(16)10-4-2-1-3-5-10/h1-5,8-9H,6-7H2. The fraction of sp³-hybridized carbons (Fsp3) is 0.167. The SMILES string of the molecule is O=C(OCCn1cnc(Cl)c1)c1ccccc1. The van der Waals surface area contributed by atoms with E-state index in [0.29, 0.717) is 23.9 Å². The van der Waals surface area contributed by atoms with Crippen LogP contribution in [0.15, 0.2) is 42.9 Å². The zero-order valence-electron chi connectivity index (χ0n) is 9.04. The fourth-order valence-corrected chi connectivity index (χ4v) is 1.53. The maximum absolute atomic E-state index is 11.6. The van der Waals surface area contributed by atoms with Crippen LogP contribution in [0.3, 0.4) is 0 Å². The smallest absolute Gasteiger partial charge is 0.338 e. The number of halogens is 1. The summed E-state index contributed by atoms with van der Waals surface area (Å²) in [4.78, 5) is 15.4. The molecule has 0 atom stereocenters. The Morgan fingerprint density at radius 2 is 2.12 bits per heavy atom. The number of imidazole rings is 1. The van der Waals surface area contributed by atoms with Gasteiger partial charge in [0, 0.05) is 6.20 Å². The summed E-state index contributed by atoms with van der Waals surface area (Å²) in [6, 6.07) is 8.88. The number of nitrogens with zero attached hydrogens (tertiary/aromatic N) is 2. The van der Waals surface area contributed by atoms with Gasteiger partial charge in [-0.2, -0.15) is 0 Å². The van der Waals surface area contributed by atoms with Crippen molar-refractivity contribution in [2.24, 2.45) is 0 Å². The summed E-state index contributed by atoms with van der Waals surface area (Å²) in [6.45, 7) is 0.832. The molecule has 0 amide bonds. The summed E-state index contributed by atoms with van der Waals surface area (Å²) in [5.41, 5.74) is 0.552. The number of aromatic nitrogens is 2. The third-order valence-corrected chi connectivity index (χ3v) is 2.39. The molecular formula is C12H11ClN2O2. The number of esters is 1. The molecule has 1 aromatic heterocycles. The third-order valence-electron chi connectivity index (χ3n) is 2.19. The Morgan fingerprint density at radius 3 is 2.76 bits per heavy atom. The van der Waals surface area contributed by atoms with E-state index < -0.39 is 0 Å². The fourth-order valence-electron chi connectivity index (χ4n) is 1.36. The quantitative estimate of drug-likeness (QED) is 0.783. The highest BCUT2D eigenvalue weighted by molar-refractivity contribution is 6.29. The number of rotatable bonds is 4. The lowest BCUT2D eigenvalue weighted by Gasteiger charge is -2.04. The van der Waals surface area contributed by atoms with E-state index in [1.807, 2.05) is 6.07 Å². The van der Waals surface area contributed by atoms with Gasteiger partial charge in [0.25, 0.3) is 0 Å². The Morgan fingerprint density at radius 1 is 1.35 bits per heavy atom. The number of carbonyl (C=O) groups excluding carboxylic acids is 1. The van der Waals surface area contributed by atoms with E-state index >= 15 is 0 Å². The zero-order chi connectivity index (χ0) is 12.1. The molecule has 0 N–H and O–H groups in total. The average Bonchev–Trinajstić information content (AvgIpc) is 2.76. The summed E-state index contributed by atoms with van der Waals surface area (Å²) in [7, 11) is 0. The van der Waals surface area contributed by atoms with Crippen LogP contribution in [0, 0.1) is 0 Å². The minimum atomic E-state index is -0.322. The van der Waals surface area contributed by atoms with E-state index in [-0.39, 0.29) is 5.97 Å². The molecule has 0 saturated heterocycles. The molecule has 4 nitrogen and oxygen atoms in total. The summed E-state index contributed by atoms with van der Waals surface area (Å²) in [5.74, 6) is -0.322. The van der Waals surface area contributed by atoms with E-state index in [2.05, 4.69) is 4.98 Å². The predicted octanol–water partition coefficient (Wildman–Crippen LogP) is 2.39. The van der Waals surface area contributed by atoms with Crippen LogP contribution in [0.25, 0.3) is 0 Å². The summed E-state index contributed by atoms with van der Waals surface area (Å²) >= 11 is 5.66. The van der Waals surface area contributed by atoms with Crippen molar-refractivity contribution in [1.82, 2.24) is 9.55 Å². The number of ether oxygens (including phenoxy) is 1. The number of benzene rings is 1. The minimum absolute atomic E-state index is 0.292. The highest BCUT2D eigenvalue weighted by Gasteiger charge is 2.05. The van der Waals surface area contributed by atoms with Crippen molar-refractivity contribution in [3.63, 3.8) is 0 Å². The van der Waals surface area contributed by atoms with Crippen LogP contribution in [0.2, 0.25) is 5.15 Å². The molecule has 0 saturated carbocycles. The van der Waals surface area contributed by atoms with Gasteiger partial charge in [0.1, 0.15) is 11.8 Å². The van der Waals surface area contributed by atoms with Crippen LogP contribution >= 0.6 is 11.6 Å². The first-order valence-corrected chi connectivity index (χ1v) is 5.53. The van der Waals surface area contributed by atoms with Crippen molar-refractivity contribution in [3.8, 4) is 0 Å². The van der Waals surface area contributed by atoms with Gasteiger partial charge in [-0.05, 0) is 12.1 Å². The summed E-state index contributed by atoms with van der Waals surface area (Å²) < 4.78 is 6.88. The van der Waals surface area contributed by atoms with Crippen molar-refractivity contribution >= 4 is 17.6 Å². The van der Waals surface area contributed by atoms with Crippen LogP contribution < -0.4 is 0 Å². The Hall–Kier alpha value is -1.81. The van der Waals surface area contributed by atoms with Crippen LogP contribution in [0.4, 0.5) is 0 Å². The molecule has 5 heteroatoms. The molecule has 1 heterocycles. The monoisotopic (exact) mass is 250 g/mol. The van der Waals surface area contributed by atoms with Gasteiger partial charge in [0.05, 0.1) is 18.4 Å². The third kappa shape index (κ3) is 3.32. The Labute approximate surface area is 104 Å². The van der Waals surface area contributed by atoms with Gasteiger partial charge in [0.2, 0.25) is 0 Å². The molecule has 2 rings (SSSR count). The lowest BCUT2D eigenvalue weighted by molar-refractivity contribution is 0.0491. The van der Waals surface area contributed by atoms with E-state index in [0.717, 1.165) is 0 Å². The lowest BCUT2D eigenvalue weighted by Crippen LogP contribution is -2.10. The average molecular weight is 251 g/mol. The normalized spacial score (nSPS) is 10.2. The topological polar surface area (TPSA) is 44.1 Å². The van der Waals surface area contributed by atoms with Crippen molar-refractivity contribution in [3.05, 3.63) is 53.6 Å². The van der Waals surface area contributed by atoms with Gasteiger partial charge in [0.15, 0.2) is 0 Å². The summed E-state index contributed by atoms with van der Waals surface area (Å²) in [5, 5.41) is 0.430. The molecule has 0 aliphatic heterocycles. The van der Waals surface area contributed by atoms with E-state index in [4.69, 9.17) is 16.3 Å². The highest BCUT2D eigenvalue weighted by atomic mass is 35.5. The molecule has 0 spiro atoms. The van der Waals surface area contributed by atoms with Gasteiger partial charge in [-0.25, -0.2) is 9.78 Å². The molecule has 17 heavy (non-hydrogen) atoms. The van der Waals surface area contributed by atoms with E-state index in [1.54, 1.807) is 41.4 Å². The van der Waals surface area contributed by atoms with Crippen LogP contribution in [0.1, 0.15) is 10.4 Å². The van der Waals surface area contributed by atoms with Crippen molar-refractivity contribution in [1.29, 1.82) is 0 Å². The zero-order valence-corrected chi connectivity index (χ0v) is 9.80. The minimum Gasteiger partial charge on any atom is -0.460 e. The maximum Gasteiger partial charge on any atom is 0.338 e. The van der Waals surface area contributed by atoms with Gasteiger partial charge in [-0.3, -0.25) is 0 Å². The van der Waals surface area contributed by atoms with Gasteiger partial charge in [-0.1, -0.05) is 29.8 Å². The molecule has 2 aromatic rings. The van der Waals surface area contributed by atoms with Crippen LogP contribution in [-0.2, 0) is 11.3 Å². The molecule has 0 aliphatic carbocycles. The summed E-state index contributed by atoms with van der Waals surface area (Å²) in [6.07, 6.45) is 3.27. The molecule has 0 aliphatic rings. The first-order valence-electron chi connectivity index (χ1n) is 5.15. The largest absolute Gasteiger partial charge is 0.460 e. The Kier molecular flexibility index (Phi) is 3.77. The van der Waals surface area contributed by atoms with Crippen LogP contribution in [0.5, 0.6) is 0 Å². The van der Waals surface area contributed by atoms with Crippen molar-refractivity contribution in [2.45, 2.75) is 6.54 Å².